The molecule has 1 rings (SSSR count). The normalized spacial score (nSPS) is 18.3. The van der Waals surface area contributed by atoms with Gasteiger partial charge in [-0.3, -0.25) is 29.5 Å². The van der Waals surface area contributed by atoms with Crippen molar-refractivity contribution in [3.63, 3.8) is 0 Å². The van der Waals surface area contributed by atoms with Crippen LogP contribution in [0.2, 0.25) is 0 Å². The highest BCUT2D eigenvalue weighted by Gasteiger charge is 2.32. The Bertz CT molecular complexity index is 335. The average Bonchev–Trinajstić information content (AvgIpc) is 2.33. The molecule has 0 aromatic carbocycles. The molecule has 108 valence electrons. The molecule has 0 spiro atoms. The van der Waals surface area contributed by atoms with E-state index in [2.05, 4.69) is 0 Å². The second kappa shape index (κ2) is 7.00. The fourth-order valence-corrected chi connectivity index (χ4v) is 2.02. The summed E-state index contributed by atoms with van der Waals surface area (Å²) in [6.07, 6.45) is -0.172. The van der Waals surface area contributed by atoms with E-state index in [4.69, 9.17) is 10.2 Å². The molecule has 1 fully saturated rings. The van der Waals surface area contributed by atoms with Crippen LogP contribution < -0.4 is 0 Å². The predicted molar refractivity (Wildman–Crippen MR) is 63.3 cm³/mol. The molecule has 0 unspecified atom stereocenters. The SMILES string of the molecule is O=C(O)CCN1CC([N+](=O)[O-])CN(CCC(=O)O)C1. The minimum Gasteiger partial charge on any atom is -0.481 e. The number of hydrogen-bond acceptors (Lipinski definition) is 6. The van der Waals surface area contributed by atoms with Crippen molar-refractivity contribution < 1.29 is 24.7 Å². The molecule has 0 amide bonds. The fourth-order valence-electron chi connectivity index (χ4n) is 2.02. The van der Waals surface area contributed by atoms with Crippen molar-refractivity contribution in [3.05, 3.63) is 10.1 Å². The van der Waals surface area contributed by atoms with Gasteiger partial charge in [-0.2, -0.15) is 0 Å². The van der Waals surface area contributed by atoms with Crippen molar-refractivity contribution in [1.82, 2.24) is 9.80 Å². The Balaban J connectivity index is 2.54. The number of carbonyl (C=O) groups is 2. The van der Waals surface area contributed by atoms with Gasteiger partial charge in [0.15, 0.2) is 0 Å². The maximum Gasteiger partial charge on any atom is 0.304 e. The van der Waals surface area contributed by atoms with E-state index < -0.39 is 22.9 Å². The number of carboxylic acid groups (broad SMARTS) is 2. The number of rotatable bonds is 7. The van der Waals surface area contributed by atoms with Crippen molar-refractivity contribution in [2.75, 3.05) is 32.8 Å². The van der Waals surface area contributed by atoms with Gasteiger partial charge in [0, 0.05) is 18.0 Å². The summed E-state index contributed by atoms with van der Waals surface area (Å²) in [4.78, 5) is 34.8. The summed E-state index contributed by atoms with van der Waals surface area (Å²) in [5.74, 6) is -1.92. The van der Waals surface area contributed by atoms with Gasteiger partial charge in [0.25, 0.3) is 0 Å². The summed E-state index contributed by atoms with van der Waals surface area (Å²) in [6, 6.07) is -0.809. The van der Waals surface area contributed by atoms with Gasteiger partial charge in [0.2, 0.25) is 6.04 Å². The number of nitro groups is 1. The molecule has 19 heavy (non-hydrogen) atoms. The molecule has 1 heterocycles. The van der Waals surface area contributed by atoms with E-state index in [9.17, 15) is 19.7 Å². The summed E-state index contributed by atoms with van der Waals surface area (Å²) in [6.45, 7) is 1.21. The Labute approximate surface area is 109 Å². The minimum absolute atomic E-state index is 0.0861. The monoisotopic (exact) mass is 275 g/mol. The lowest BCUT2D eigenvalue weighted by Gasteiger charge is -2.36. The molecule has 1 saturated heterocycles. The molecule has 1 aliphatic heterocycles. The van der Waals surface area contributed by atoms with Crippen LogP contribution in [-0.2, 0) is 9.59 Å². The number of nitrogens with zero attached hydrogens (tertiary/aromatic N) is 3. The predicted octanol–water partition coefficient (Wildman–Crippen LogP) is -0.844. The molecular formula is C10H17N3O6. The summed E-state index contributed by atoms with van der Waals surface area (Å²) in [7, 11) is 0. The van der Waals surface area contributed by atoms with Crippen LogP contribution in [0.1, 0.15) is 12.8 Å². The fraction of sp³-hybridized carbons (Fsp3) is 0.800. The minimum atomic E-state index is -0.958. The summed E-state index contributed by atoms with van der Waals surface area (Å²) >= 11 is 0. The molecule has 2 N–H and O–H groups in total. The van der Waals surface area contributed by atoms with E-state index in [1.165, 1.54) is 0 Å². The Morgan fingerprint density at radius 3 is 1.84 bits per heavy atom. The maximum absolute atomic E-state index is 10.8. The highest BCUT2D eigenvalue weighted by molar-refractivity contribution is 5.67. The third-order valence-corrected chi connectivity index (χ3v) is 2.92. The van der Waals surface area contributed by atoms with Gasteiger partial charge in [-0.15, -0.1) is 0 Å². The molecule has 9 heteroatoms. The summed E-state index contributed by atoms with van der Waals surface area (Å²) in [5.41, 5.74) is 0. The third kappa shape index (κ3) is 5.62. The molecule has 0 aliphatic carbocycles. The quantitative estimate of drug-likeness (QED) is 0.455. The van der Waals surface area contributed by atoms with Crippen LogP contribution >= 0.6 is 0 Å². The standard InChI is InChI=1S/C10H17N3O6/c14-9(15)1-3-11-5-8(13(18)19)6-12(7-11)4-2-10(16)17/h8H,1-7H2,(H,14,15)(H,16,17). The molecular weight excluding hydrogens is 258 g/mol. The van der Waals surface area contributed by atoms with E-state index in [0.29, 0.717) is 6.67 Å². The van der Waals surface area contributed by atoms with E-state index in [1.807, 2.05) is 0 Å². The second-order valence-corrected chi connectivity index (χ2v) is 4.52. The van der Waals surface area contributed by atoms with Crippen LogP contribution in [0.15, 0.2) is 0 Å². The largest absolute Gasteiger partial charge is 0.481 e. The highest BCUT2D eigenvalue weighted by Crippen LogP contribution is 2.10. The van der Waals surface area contributed by atoms with Crippen LogP contribution in [0.25, 0.3) is 0 Å². The van der Waals surface area contributed by atoms with Crippen molar-refractivity contribution in [3.8, 4) is 0 Å². The lowest BCUT2D eigenvalue weighted by Crippen LogP contribution is -2.55. The van der Waals surface area contributed by atoms with Crippen molar-refractivity contribution in [2.24, 2.45) is 0 Å². The van der Waals surface area contributed by atoms with Crippen LogP contribution in [0.3, 0.4) is 0 Å². The van der Waals surface area contributed by atoms with Gasteiger partial charge >= 0.3 is 11.9 Å². The first kappa shape index (κ1) is 15.3. The average molecular weight is 275 g/mol. The van der Waals surface area contributed by atoms with Crippen LogP contribution in [0, 0.1) is 10.1 Å². The van der Waals surface area contributed by atoms with Crippen molar-refractivity contribution >= 4 is 11.9 Å². The van der Waals surface area contributed by atoms with Gasteiger partial charge in [-0.05, 0) is 0 Å². The highest BCUT2D eigenvalue weighted by atomic mass is 16.6. The molecule has 0 aromatic rings. The molecule has 0 aromatic heterocycles. The first-order valence-corrected chi connectivity index (χ1v) is 5.90. The Hall–Kier alpha value is -1.74. The van der Waals surface area contributed by atoms with Crippen molar-refractivity contribution in [1.29, 1.82) is 0 Å². The molecule has 0 radical (unpaired) electrons. The van der Waals surface area contributed by atoms with Crippen LogP contribution in [0.5, 0.6) is 0 Å². The second-order valence-electron chi connectivity index (χ2n) is 4.52. The molecule has 0 atom stereocenters. The van der Waals surface area contributed by atoms with E-state index in [0.717, 1.165) is 0 Å². The zero-order valence-corrected chi connectivity index (χ0v) is 10.4. The smallest absolute Gasteiger partial charge is 0.304 e. The first-order chi connectivity index (χ1) is 8.88. The zero-order chi connectivity index (χ0) is 14.4. The van der Waals surface area contributed by atoms with Crippen LogP contribution in [0.4, 0.5) is 0 Å². The van der Waals surface area contributed by atoms with Gasteiger partial charge < -0.3 is 10.2 Å². The summed E-state index contributed by atoms with van der Waals surface area (Å²) < 4.78 is 0. The van der Waals surface area contributed by atoms with Gasteiger partial charge in [0.1, 0.15) is 0 Å². The summed E-state index contributed by atoms with van der Waals surface area (Å²) in [5, 5.41) is 28.1. The van der Waals surface area contributed by atoms with Gasteiger partial charge in [0.05, 0.1) is 32.6 Å². The zero-order valence-electron chi connectivity index (χ0n) is 10.4. The number of aliphatic carboxylic acids is 2. The molecule has 0 saturated carbocycles. The lowest BCUT2D eigenvalue weighted by atomic mass is 10.2. The first-order valence-electron chi connectivity index (χ1n) is 5.90. The maximum atomic E-state index is 10.8. The van der Waals surface area contributed by atoms with E-state index >= 15 is 0 Å². The molecule has 0 bridgehead atoms. The Morgan fingerprint density at radius 2 is 1.53 bits per heavy atom. The Kier molecular flexibility index (Phi) is 5.64. The molecule has 9 nitrogen and oxygen atoms in total. The number of hydrogen-bond donors (Lipinski definition) is 2. The Morgan fingerprint density at radius 1 is 1.11 bits per heavy atom. The molecule has 1 aliphatic rings. The topological polar surface area (TPSA) is 124 Å². The van der Waals surface area contributed by atoms with Gasteiger partial charge in [-0.1, -0.05) is 0 Å². The van der Waals surface area contributed by atoms with Gasteiger partial charge in [-0.25, -0.2) is 0 Å². The lowest BCUT2D eigenvalue weighted by molar-refractivity contribution is -0.527. The number of carboxylic acids is 2. The van der Waals surface area contributed by atoms with Crippen molar-refractivity contribution in [2.45, 2.75) is 18.9 Å². The third-order valence-electron chi connectivity index (χ3n) is 2.92. The van der Waals surface area contributed by atoms with E-state index in [1.54, 1.807) is 9.80 Å². The van der Waals surface area contributed by atoms with E-state index in [-0.39, 0.29) is 39.0 Å². The van der Waals surface area contributed by atoms with Crippen LogP contribution in [-0.4, -0.2) is 75.8 Å².